The van der Waals surface area contributed by atoms with Crippen molar-refractivity contribution in [1.82, 2.24) is 0 Å². The van der Waals surface area contributed by atoms with E-state index in [1.807, 2.05) is 0 Å². The van der Waals surface area contributed by atoms with E-state index in [-0.39, 0.29) is 6.26 Å². The molecule has 3 nitrogen and oxygen atoms in total. The Morgan fingerprint density at radius 2 is 2.00 bits per heavy atom. The number of rotatable bonds is 0. The molecule has 0 atom stereocenters. The fraction of sp³-hybridized carbons (Fsp3) is 0.250. The maximum atomic E-state index is 11.5. The highest BCUT2D eigenvalue weighted by molar-refractivity contribution is 4.90. The molecule has 1 aromatic heterocycles. The van der Waals surface area contributed by atoms with Gasteiger partial charge in [0.1, 0.15) is 6.26 Å². The molecule has 0 N–H and O–H groups in total. The molecule has 1 aromatic rings. The van der Waals surface area contributed by atoms with Crippen molar-refractivity contribution in [2.45, 2.75) is 6.18 Å². The van der Waals surface area contributed by atoms with Crippen LogP contribution in [0.4, 0.5) is 13.2 Å². The summed E-state index contributed by atoms with van der Waals surface area (Å²) in [4.78, 5) is 9.90. The summed E-state index contributed by atoms with van der Waals surface area (Å²) in [5.74, 6) is -2.77. The molecule has 1 rings (SSSR count). The van der Waals surface area contributed by atoms with Crippen molar-refractivity contribution in [3.63, 3.8) is 0 Å². The zero-order valence-corrected chi connectivity index (χ0v) is 4.44. The summed E-state index contributed by atoms with van der Waals surface area (Å²) < 4.78 is 41.9. The van der Waals surface area contributed by atoms with E-state index in [1.165, 1.54) is 0 Å². The van der Waals surface area contributed by atoms with E-state index in [0.29, 0.717) is 0 Å². The Morgan fingerprint density at radius 3 is 2.20 bits per heavy atom. The molecular weight excluding hydrogens is 153 g/mol. The van der Waals surface area contributed by atoms with Gasteiger partial charge in [0.05, 0.1) is 0 Å². The first-order chi connectivity index (χ1) is 4.50. The molecule has 56 valence electrons. The topological polar surface area (TPSA) is 43.4 Å². The third-order valence-electron chi connectivity index (χ3n) is 0.735. The molecule has 0 aromatic carbocycles. The lowest BCUT2D eigenvalue weighted by atomic mass is 10.5. The molecule has 10 heavy (non-hydrogen) atoms. The van der Waals surface area contributed by atoms with Crippen LogP contribution in [0.3, 0.4) is 0 Å². The Morgan fingerprint density at radius 1 is 1.40 bits per heavy atom. The van der Waals surface area contributed by atoms with Crippen molar-refractivity contribution in [1.29, 1.82) is 0 Å². The Balaban J connectivity index is 3.07. The van der Waals surface area contributed by atoms with Crippen LogP contribution in [-0.4, -0.2) is 0 Å². The van der Waals surface area contributed by atoms with Crippen molar-refractivity contribution in [3.8, 4) is 0 Å². The first-order valence-electron chi connectivity index (χ1n) is 2.16. The van der Waals surface area contributed by atoms with Gasteiger partial charge in [0.15, 0.2) is 0 Å². The molecule has 0 saturated carbocycles. The third-order valence-corrected chi connectivity index (χ3v) is 0.735. The maximum Gasteiger partial charge on any atom is 0.519 e. The SMILES string of the molecule is O=c1occ(C(F)(F)F)o1. The molecule has 0 amide bonds. The monoisotopic (exact) mass is 154 g/mol. The largest absolute Gasteiger partial charge is 0.519 e. The highest BCUT2D eigenvalue weighted by atomic mass is 19.4. The van der Waals surface area contributed by atoms with Gasteiger partial charge in [-0.3, -0.25) is 0 Å². The van der Waals surface area contributed by atoms with Gasteiger partial charge in [-0.25, -0.2) is 4.79 Å². The van der Waals surface area contributed by atoms with E-state index in [4.69, 9.17) is 0 Å². The Kier molecular flexibility index (Phi) is 1.31. The fourth-order valence-electron chi connectivity index (χ4n) is 0.364. The molecule has 0 unspecified atom stereocenters. The van der Waals surface area contributed by atoms with E-state index in [2.05, 4.69) is 8.83 Å². The minimum absolute atomic E-state index is 0.225. The third kappa shape index (κ3) is 1.20. The normalized spacial score (nSPS) is 11.9. The number of alkyl halides is 3. The van der Waals surface area contributed by atoms with Gasteiger partial charge in [0.25, 0.3) is 5.76 Å². The molecule has 0 saturated heterocycles. The summed E-state index contributed by atoms with van der Waals surface area (Å²) in [5.41, 5.74) is 0. The van der Waals surface area contributed by atoms with E-state index < -0.39 is 17.8 Å². The molecule has 0 bridgehead atoms. The summed E-state index contributed by atoms with van der Waals surface area (Å²) in [7, 11) is 0. The van der Waals surface area contributed by atoms with Gasteiger partial charge >= 0.3 is 12.0 Å². The molecular formula is C4HF3O3. The highest BCUT2D eigenvalue weighted by Crippen LogP contribution is 2.27. The Labute approximate surface area is 52.1 Å². The quantitative estimate of drug-likeness (QED) is 0.564. The zero-order chi connectivity index (χ0) is 7.78. The minimum Gasteiger partial charge on any atom is -0.399 e. The molecule has 1 heterocycles. The van der Waals surface area contributed by atoms with E-state index >= 15 is 0 Å². The van der Waals surface area contributed by atoms with Gasteiger partial charge in [-0.05, 0) is 0 Å². The lowest BCUT2D eigenvalue weighted by Crippen LogP contribution is -2.03. The lowest BCUT2D eigenvalue weighted by Gasteiger charge is -1.96. The van der Waals surface area contributed by atoms with E-state index in [1.54, 1.807) is 0 Å². The van der Waals surface area contributed by atoms with Crippen LogP contribution in [-0.2, 0) is 6.18 Å². The Hall–Kier alpha value is -1.20. The first kappa shape index (κ1) is 6.91. The zero-order valence-electron chi connectivity index (χ0n) is 4.44. The fourth-order valence-corrected chi connectivity index (χ4v) is 0.364. The molecule has 6 heteroatoms. The van der Waals surface area contributed by atoms with Crippen molar-refractivity contribution in [3.05, 3.63) is 22.6 Å². The second-order valence-electron chi connectivity index (χ2n) is 1.45. The van der Waals surface area contributed by atoms with Crippen molar-refractivity contribution >= 4 is 0 Å². The predicted octanol–water partition coefficient (Wildman–Crippen LogP) is 1.25. The number of halogens is 3. The second kappa shape index (κ2) is 1.89. The van der Waals surface area contributed by atoms with Crippen molar-refractivity contribution in [2.75, 3.05) is 0 Å². The summed E-state index contributed by atoms with van der Waals surface area (Å²) >= 11 is 0. The average Bonchev–Trinajstić information content (AvgIpc) is 2.11. The number of hydrogen-bond donors (Lipinski definition) is 0. The average molecular weight is 154 g/mol. The molecule has 0 aliphatic carbocycles. The van der Waals surface area contributed by atoms with Gasteiger partial charge in [-0.2, -0.15) is 13.2 Å². The first-order valence-corrected chi connectivity index (χ1v) is 2.16. The van der Waals surface area contributed by atoms with Gasteiger partial charge in [0, 0.05) is 0 Å². The van der Waals surface area contributed by atoms with Crippen LogP contribution >= 0.6 is 0 Å². The summed E-state index contributed by atoms with van der Waals surface area (Å²) in [6, 6.07) is 0. The van der Waals surface area contributed by atoms with Gasteiger partial charge < -0.3 is 8.83 Å². The smallest absolute Gasteiger partial charge is 0.399 e. The molecule has 0 aliphatic rings. The minimum atomic E-state index is -4.65. The molecule has 0 radical (unpaired) electrons. The maximum absolute atomic E-state index is 11.5. The van der Waals surface area contributed by atoms with Crippen LogP contribution in [0.2, 0.25) is 0 Å². The lowest BCUT2D eigenvalue weighted by molar-refractivity contribution is -0.153. The van der Waals surface area contributed by atoms with E-state index in [9.17, 15) is 18.0 Å². The van der Waals surface area contributed by atoms with Crippen LogP contribution in [0, 0.1) is 0 Å². The molecule has 0 aliphatic heterocycles. The predicted molar refractivity (Wildman–Crippen MR) is 22.2 cm³/mol. The molecule has 0 spiro atoms. The van der Waals surface area contributed by atoms with E-state index in [0.717, 1.165) is 0 Å². The second-order valence-corrected chi connectivity index (χ2v) is 1.45. The summed E-state index contributed by atoms with van der Waals surface area (Å²) in [6.45, 7) is 0. The van der Waals surface area contributed by atoms with Crippen LogP contribution in [0.25, 0.3) is 0 Å². The van der Waals surface area contributed by atoms with Gasteiger partial charge in [-0.15, -0.1) is 0 Å². The summed E-state index contributed by atoms with van der Waals surface area (Å²) in [6.07, 6.45) is -4.42. The molecule has 0 fully saturated rings. The number of hydrogen-bond acceptors (Lipinski definition) is 3. The van der Waals surface area contributed by atoms with Crippen LogP contribution in [0.15, 0.2) is 19.9 Å². The van der Waals surface area contributed by atoms with Gasteiger partial charge in [0.2, 0.25) is 0 Å². The standard InChI is InChI=1S/C4HF3O3/c5-4(6,7)2-1-9-3(8)10-2/h1H. The van der Waals surface area contributed by atoms with Crippen molar-refractivity contribution < 1.29 is 22.0 Å². The Bertz CT molecular complexity index is 268. The van der Waals surface area contributed by atoms with Crippen LogP contribution in [0.5, 0.6) is 0 Å². The van der Waals surface area contributed by atoms with Crippen LogP contribution < -0.4 is 5.82 Å². The van der Waals surface area contributed by atoms with Crippen molar-refractivity contribution in [2.24, 2.45) is 0 Å². The van der Waals surface area contributed by atoms with Gasteiger partial charge in [-0.1, -0.05) is 0 Å². The van der Waals surface area contributed by atoms with Crippen LogP contribution in [0.1, 0.15) is 5.76 Å². The summed E-state index contributed by atoms with van der Waals surface area (Å²) in [5, 5.41) is 0. The highest BCUT2D eigenvalue weighted by Gasteiger charge is 2.36.